The molecule has 2 N–H and O–H groups in total. The second-order valence-corrected chi connectivity index (χ2v) is 6.41. The van der Waals surface area contributed by atoms with E-state index in [0.29, 0.717) is 24.8 Å². The molecule has 1 heterocycles. The van der Waals surface area contributed by atoms with Crippen LogP contribution in [0.5, 0.6) is 11.5 Å². The average Bonchev–Trinajstić information content (AvgIpc) is 2.86. The zero-order valence-electron chi connectivity index (χ0n) is 13.5. The van der Waals surface area contributed by atoms with Crippen LogP contribution < -0.4 is 14.8 Å². The molecular weight excluding hydrogens is 336 g/mol. The van der Waals surface area contributed by atoms with Crippen molar-refractivity contribution in [2.24, 2.45) is 5.92 Å². The predicted octanol–water partition coefficient (Wildman–Crippen LogP) is 2.70. The molecule has 2 atom stereocenters. The molecule has 0 aromatic heterocycles. The molecule has 2 unspecified atom stereocenters. The fourth-order valence-corrected chi connectivity index (χ4v) is 3.25. The smallest absolute Gasteiger partial charge is 0.481 e. The first-order valence-electron chi connectivity index (χ1n) is 8.23. The number of hydrogen-bond acceptors (Lipinski definition) is 4. The molecule has 1 fully saturated rings. The van der Waals surface area contributed by atoms with Crippen LogP contribution in [0.3, 0.4) is 0 Å². The van der Waals surface area contributed by atoms with Crippen molar-refractivity contribution >= 4 is 11.9 Å². The minimum atomic E-state index is -3.65. The van der Waals surface area contributed by atoms with Crippen molar-refractivity contribution in [2.45, 2.75) is 50.9 Å². The van der Waals surface area contributed by atoms with Crippen molar-refractivity contribution in [3.05, 3.63) is 23.8 Å². The van der Waals surface area contributed by atoms with Crippen molar-refractivity contribution in [2.75, 3.05) is 0 Å². The van der Waals surface area contributed by atoms with E-state index >= 15 is 0 Å². The Hall–Kier alpha value is -2.38. The second kappa shape index (κ2) is 6.85. The number of amides is 1. The highest BCUT2D eigenvalue weighted by Gasteiger charge is 2.43. The number of carboxylic acids is 1. The quantitative estimate of drug-likeness (QED) is 0.848. The number of alkyl halides is 2. The first kappa shape index (κ1) is 17.4. The summed E-state index contributed by atoms with van der Waals surface area (Å²) in [5.41, 5.74) is 0.683. The summed E-state index contributed by atoms with van der Waals surface area (Å²) in [6.45, 7) is 0. The monoisotopic (exact) mass is 355 g/mol. The fourth-order valence-electron chi connectivity index (χ4n) is 3.25. The van der Waals surface area contributed by atoms with Crippen molar-refractivity contribution in [1.29, 1.82) is 0 Å². The molecule has 1 amide bonds. The molecule has 0 saturated heterocycles. The molecule has 6 nitrogen and oxygen atoms in total. The average molecular weight is 355 g/mol. The van der Waals surface area contributed by atoms with Gasteiger partial charge in [0.25, 0.3) is 0 Å². The Bertz CT molecular complexity index is 679. The van der Waals surface area contributed by atoms with Crippen molar-refractivity contribution in [3.8, 4) is 11.5 Å². The molecule has 0 radical (unpaired) electrons. The lowest BCUT2D eigenvalue weighted by atomic mass is 9.85. The van der Waals surface area contributed by atoms with E-state index in [1.54, 1.807) is 6.07 Å². The number of rotatable bonds is 5. The lowest BCUT2D eigenvalue weighted by Crippen LogP contribution is -2.40. The minimum Gasteiger partial charge on any atom is -0.481 e. The molecule has 3 rings (SSSR count). The highest BCUT2D eigenvalue weighted by molar-refractivity contribution is 5.77. The Morgan fingerprint density at radius 2 is 2.00 bits per heavy atom. The van der Waals surface area contributed by atoms with Crippen LogP contribution in [0.15, 0.2) is 18.2 Å². The molecule has 1 aliphatic heterocycles. The van der Waals surface area contributed by atoms with E-state index in [-0.39, 0.29) is 29.9 Å². The number of fused-ring (bicyclic) bond motifs is 1. The Balaban J connectivity index is 1.49. The summed E-state index contributed by atoms with van der Waals surface area (Å²) in [5.74, 6) is -1.48. The third kappa shape index (κ3) is 4.37. The molecule has 25 heavy (non-hydrogen) atoms. The van der Waals surface area contributed by atoms with Gasteiger partial charge in [0.2, 0.25) is 5.91 Å². The number of carboxylic acid groups (broad SMARTS) is 1. The summed E-state index contributed by atoms with van der Waals surface area (Å²) in [5, 5.41) is 11.9. The van der Waals surface area contributed by atoms with E-state index in [9.17, 15) is 18.4 Å². The number of nitrogens with one attached hydrogen (secondary N) is 1. The second-order valence-electron chi connectivity index (χ2n) is 6.41. The number of aliphatic carboxylic acids is 1. The van der Waals surface area contributed by atoms with Crippen LogP contribution in [0.25, 0.3) is 0 Å². The lowest BCUT2D eigenvalue weighted by Gasteiger charge is -2.27. The van der Waals surface area contributed by atoms with E-state index in [2.05, 4.69) is 14.8 Å². The molecular formula is C17H19F2NO5. The van der Waals surface area contributed by atoms with Crippen LogP contribution in [-0.4, -0.2) is 29.3 Å². The van der Waals surface area contributed by atoms with Crippen molar-refractivity contribution in [1.82, 2.24) is 5.32 Å². The highest BCUT2D eigenvalue weighted by atomic mass is 19.3. The zero-order chi connectivity index (χ0) is 18.0. The normalized spacial score (nSPS) is 23.9. The number of halogens is 2. The van der Waals surface area contributed by atoms with E-state index in [0.717, 1.165) is 12.8 Å². The maximum Gasteiger partial charge on any atom is 0.586 e. The Kier molecular flexibility index (Phi) is 4.78. The van der Waals surface area contributed by atoms with Crippen molar-refractivity contribution in [3.63, 3.8) is 0 Å². The van der Waals surface area contributed by atoms with Gasteiger partial charge >= 0.3 is 12.3 Å². The van der Waals surface area contributed by atoms with Crippen LogP contribution in [0, 0.1) is 5.92 Å². The predicted molar refractivity (Wildman–Crippen MR) is 82.5 cm³/mol. The molecule has 1 aliphatic carbocycles. The topological polar surface area (TPSA) is 84.9 Å². The third-order valence-electron chi connectivity index (χ3n) is 4.49. The van der Waals surface area contributed by atoms with Gasteiger partial charge in [0.1, 0.15) is 0 Å². The molecule has 2 aliphatic rings. The number of ether oxygens (including phenoxy) is 2. The largest absolute Gasteiger partial charge is 0.586 e. The van der Waals surface area contributed by atoms with Gasteiger partial charge in [-0.2, -0.15) is 0 Å². The van der Waals surface area contributed by atoms with Crippen LogP contribution in [-0.2, 0) is 16.0 Å². The number of carbonyl (C=O) groups excluding carboxylic acids is 1. The number of carbonyl (C=O) groups is 2. The summed E-state index contributed by atoms with van der Waals surface area (Å²) >= 11 is 0. The van der Waals surface area contributed by atoms with E-state index in [1.807, 2.05) is 0 Å². The summed E-state index contributed by atoms with van der Waals surface area (Å²) in [4.78, 5) is 23.1. The number of benzene rings is 1. The Morgan fingerprint density at radius 3 is 2.76 bits per heavy atom. The van der Waals surface area contributed by atoms with E-state index in [1.165, 1.54) is 12.1 Å². The van der Waals surface area contributed by atoms with Gasteiger partial charge in [-0.25, -0.2) is 0 Å². The van der Waals surface area contributed by atoms with Crippen LogP contribution in [0.2, 0.25) is 0 Å². The maximum absolute atomic E-state index is 13.0. The summed E-state index contributed by atoms with van der Waals surface area (Å²) < 4.78 is 34.7. The van der Waals surface area contributed by atoms with Crippen LogP contribution >= 0.6 is 0 Å². The maximum atomic E-state index is 13.0. The van der Waals surface area contributed by atoms with Gasteiger partial charge in [0, 0.05) is 12.5 Å². The molecule has 1 saturated carbocycles. The number of hydrogen-bond donors (Lipinski definition) is 2. The van der Waals surface area contributed by atoms with Crippen LogP contribution in [0.4, 0.5) is 8.78 Å². The molecule has 0 bridgehead atoms. The lowest BCUT2D eigenvalue weighted by molar-refractivity contribution is -0.286. The molecule has 8 heteroatoms. The van der Waals surface area contributed by atoms with Crippen LogP contribution in [0.1, 0.15) is 37.7 Å². The standard InChI is InChI=1S/C17H19F2NO5/c18-17(19)24-13-6-4-10(8-14(13)25-17)5-7-15(21)20-12-3-1-2-11(9-12)16(22)23/h4,6,8,11-12H,1-3,5,7,9H2,(H,20,21)(H,22,23). The minimum absolute atomic E-state index is 0.0277. The first-order valence-corrected chi connectivity index (χ1v) is 8.23. The number of aryl methyl sites for hydroxylation is 1. The van der Waals surface area contributed by atoms with Gasteiger partial charge in [-0.1, -0.05) is 12.5 Å². The van der Waals surface area contributed by atoms with Gasteiger partial charge in [-0.3, -0.25) is 9.59 Å². The van der Waals surface area contributed by atoms with Gasteiger partial charge in [-0.15, -0.1) is 8.78 Å². The van der Waals surface area contributed by atoms with E-state index in [4.69, 9.17) is 5.11 Å². The molecule has 136 valence electrons. The van der Waals surface area contributed by atoms with Gasteiger partial charge in [-0.05, 0) is 43.4 Å². The summed E-state index contributed by atoms with van der Waals surface area (Å²) in [7, 11) is 0. The van der Waals surface area contributed by atoms with E-state index < -0.39 is 18.2 Å². The third-order valence-corrected chi connectivity index (χ3v) is 4.49. The zero-order valence-corrected chi connectivity index (χ0v) is 13.5. The first-order chi connectivity index (χ1) is 11.8. The molecule has 1 aromatic carbocycles. The SMILES string of the molecule is O=C(CCc1ccc2c(c1)OC(F)(F)O2)NC1CCCC(C(=O)O)C1. The highest BCUT2D eigenvalue weighted by Crippen LogP contribution is 2.41. The van der Waals surface area contributed by atoms with Gasteiger partial charge in [0.15, 0.2) is 11.5 Å². The van der Waals surface area contributed by atoms with Crippen molar-refractivity contribution < 1.29 is 33.0 Å². The van der Waals surface area contributed by atoms with Gasteiger partial charge in [0.05, 0.1) is 5.92 Å². The Labute approximate surface area is 143 Å². The fraction of sp³-hybridized carbons (Fsp3) is 0.529. The summed E-state index contributed by atoms with van der Waals surface area (Å²) in [6.07, 6.45) is -0.468. The molecule has 0 spiro atoms. The van der Waals surface area contributed by atoms with Gasteiger partial charge < -0.3 is 19.9 Å². The Morgan fingerprint density at radius 1 is 1.24 bits per heavy atom. The summed E-state index contributed by atoms with van der Waals surface area (Å²) in [6, 6.07) is 4.31. The molecule has 1 aromatic rings.